The zero-order valence-electron chi connectivity index (χ0n) is 13.4. The number of nitrogens with one attached hydrogen (secondary N) is 1. The van der Waals surface area contributed by atoms with Crippen LogP contribution in [-0.2, 0) is 0 Å². The summed E-state index contributed by atoms with van der Waals surface area (Å²) in [7, 11) is 0. The normalized spacial score (nSPS) is 14.3. The minimum atomic E-state index is 0.174. The molecule has 0 spiro atoms. The first-order valence-electron chi connectivity index (χ1n) is 7.63. The van der Waals surface area contributed by atoms with Crippen molar-refractivity contribution in [2.24, 2.45) is 0 Å². The number of hydrogen-bond donors (Lipinski definition) is 1. The van der Waals surface area contributed by atoms with Gasteiger partial charge in [-0.2, -0.15) is 0 Å². The van der Waals surface area contributed by atoms with Crippen LogP contribution in [0, 0.1) is 0 Å². The van der Waals surface area contributed by atoms with Crippen molar-refractivity contribution in [2.75, 3.05) is 6.54 Å². The van der Waals surface area contributed by atoms with Gasteiger partial charge in [-0.25, -0.2) is 0 Å². The highest BCUT2D eigenvalue weighted by Gasteiger charge is 2.12. The van der Waals surface area contributed by atoms with E-state index < -0.39 is 0 Å². The molecule has 0 bridgehead atoms. The Hall–Kier alpha value is -0.540. The summed E-state index contributed by atoms with van der Waals surface area (Å²) in [4.78, 5) is 0. The van der Waals surface area contributed by atoms with Gasteiger partial charge in [-0.1, -0.05) is 43.1 Å². The minimum Gasteiger partial charge on any atom is -0.489 e. The molecule has 1 aromatic carbocycles. The Bertz CT molecular complexity index is 406. The molecule has 20 heavy (non-hydrogen) atoms. The molecule has 0 aromatic heterocycles. The highest BCUT2D eigenvalue weighted by atomic mass is 79.9. The first-order chi connectivity index (χ1) is 9.43. The maximum absolute atomic E-state index is 6.11. The molecule has 0 saturated carbocycles. The Labute approximate surface area is 132 Å². The summed E-state index contributed by atoms with van der Waals surface area (Å²) in [5, 5.41) is 3.53. The molecule has 0 amide bonds. The Morgan fingerprint density at radius 1 is 1.20 bits per heavy atom. The van der Waals surface area contributed by atoms with Crippen LogP contribution in [0.1, 0.15) is 58.9 Å². The van der Waals surface area contributed by atoms with Crippen molar-refractivity contribution in [3.8, 4) is 5.75 Å². The lowest BCUT2D eigenvalue weighted by Gasteiger charge is -2.21. The zero-order chi connectivity index (χ0) is 15.1. The van der Waals surface area contributed by atoms with Gasteiger partial charge in [0.1, 0.15) is 11.9 Å². The van der Waals surface area contributed by atoms with E-state index in [1.54, 1.807) is 0 Å². The Morgan fingerprint density at radius 3 is 2.50 bits per heavy atom. The summed E-state index contributed by atoms with van der Waals surface area (Å²) >= 11 is 3.53. The van der Waals surface area contributed by atoms with E-state index in [0.717, 1.165) is 16.8 Å². The van der Waals surface area contributed by atoms with Crippen molar-refractivity contribution in [2.45, 2.75) is 65.5 Å². The van der Waals surface area contributed by atoms with Gasteiger partial charge < -0.3 is 10.1 Å². The van der Waals surface area contributed by atoms with Gasteiger partial charge in [0.05, 0.1) is 0 Å². The number of benzene rings is 1. The molecule has 0 saturated heterocycles. The Kier molecular flexibility index (Phi) is 7.60. The highest BCUT2D eigenvalue weighted by molar-refractivity contribution is 9.10. The van der Waals surface area contributed by atoms with Crippen LogP contribution >= 0.6 is 15.9 Å². The molecule has 0 aliphatic rings. The van der Waals surface area contributed by atoms with Crippen LogP contribution in [0.4, 0.5) is 0 Å². The van der Waals surface area contributed by atoms with Crippen LogP contribution in [0.2, 0.25) is 0 Å². The summed E-state index contributed by atoms with van der Waals surface area (Å²) < 4.78 is 7.21. The van der Waals surface area contributed by atoms with Crippen LogP contribution in [0.15, 0.2) is 22.7 Å². The third-order valence-electron chi connectivity index (χ3n) is 3.40. The van der Waals surface area contributed by atoms with Crippen LogP contribution in [0.5, 0.6) is 5.75 Å². The van der Waals surface area contributed by atoms with E-state index in [9.17, 15) is 0 Å². The summed E-state index contributed by atoms with van der Waals surface area (Å²) in [6, 6.07) is 6.81. The van der Waals surface area contributed by atoms with E-state index in [2.05, 4.69) is 68.0 Å². The summed E-state index contributed by atoms with van der Waals surface area (Å²) in [5.74, 6) is 1.46. The van der Waals surface area contributed by atoms with Crippen molar-refractivity contribution in [3.05, 3.63) is 28.2 Å². The standard InChI is InChI=1S/C17H28BrNO/c1-6-7-13(4)19-11-14(5)20-17-9-8-15(18)10-16(17)12(2)3/h8-10,12-14,19H,6-7,11H2,1-5H3. The van der Waals surface area contributed by atoms with Crippen LogP contribution in [0.3, 0.4) is 0 Å². The Morgan fingerprint density at radius 2 is 1.90 bits per heavy atom. The molecule has 2 atom stereocenters. The average molecular weight is 342 g/mol. The molecule has 1 N–H and O–H groups in total. The van der Waals surface area contributed by atoms with E-state index in [1.165, 1.54) is 18.4 Å². The largest absolute Gasteiger partial charge is 0.489 e. The van der Waals surface area contributed by atoms with E-state index >= 15 is 0 Å². The van der Waals surface area contributed by atoms with Gasteiger partial charge in [-0.05, 0) is 49.9 Å². The van der Waals surface area contributed by atoms with Crippen LogP contribution in [-0.4, -0.2) is 18.7 Å². The third-order valence-corrected chi connectivity index (χ3v) is 3.89. The number of hydrogen-bond acceptors (Lipinski definition) is 2. The highest BCUT2D eigenvalue weighted by Crippen LogP contribution is 2.30. The van der Waals surface area contributed by atoms with E-state index in [-0.39, 0.29) is 6.10 Å². The van der Waals surface area contributed by atoms with E-state index in [1.807, 2.05) is 6.07 Å². The van der Waals surface area contributed by atoms with Crippen molar-refractivity contribution in [3.63, 3.8) is 0 Å². The van der Waals surface area contributed by atoms with Crippen molar-refractivity contribution in [1.29, 1.82) is 0 Å². The topological polar surface area (TPSA) is 21.3 Å². The molecular weight excluding hydrogens is 314 g/mol. The predicted octanol–water partition coefficient (Wildman–Crippen LogP) is 5.12. The van der Waals surface area contributed by atoms with E-state index in [4.69, 9.17) is 4.74 Å². The van der Waals surface area contributed by atoms with Gasteiger partial charge in [0, 0.05) is 17.1 Å². The zero-order valence-corrected chi connectivity index (χ0v) is 15.0. The first kappa shape index (κ1) is 17.5. The van der Waals surface area contributed by atoms with Gasteiger partial charge in [0.2, 0.25) is 0 Å². The lowest BCUT2D eigenvalue weighted by Crippen LogP contribution is -2.35. The molecule has 0 radical (unpaired) electrons. The lowest BCUT2D eigenvalue weighted by molar-refractivity contribution is 0.209. The van der Waals surface area contributed by atoms with Gasteiger partial charge >= 0.3 is 0 Å². The predicted molar refractivity (Wildman–Crippen MR) is 90.7 cm³/mol. The van der Waals surface area contributed by atoms with Crippen molar-refractivity contribution in [1.82, 2.24) is 5.32 Å². The van der Waals surface area contributed by atoms with Crippen LogP contribution < -0.4 is 10.1 Å². The summed E-state index contributed by atoms with van der Waals surface area (Å²) in [5.41, 5.74) is 1.26. The number of ether oxygens (including phenoxy) is 1. The maximum atomic E-state index is 6.11. The lowest BCUT2D eigenvalue weighted by atomic mass is 10.0. The molecule has 0 heterocycles. The van der Waals surface area contributed by atoms with Crippen molar-refractivity contribution < 1.29 is 4.74 Å². The SMILES string of the molecule is CCCC(C)NCC(C)Oc1ccc(Br)cc1C(C)C. The van der Waals surface area contributed by atoms with Gasteiger partial charge in [0.25, 0.3) is 0 Å². The first-order valence-corrected chi connectivity index (χ1v) is 8.42. The summed E-state index contributed by atoms with van der Waals surface area (Å²) in [6.45, 7) is 11.8. The molecule has 1 rings (SSSR count). The molecule has 0 fully saturated rings. The molecule has 2 nitrogen and oxygen atoms in total. The molecular formula is C17H28BrNO. The maximum Gasteiger partial charge on any atom is 0.123 e. The van der Waals surface area contributed by atoms with Gasteiger partial charge in [0.15, 0.2) is 0 Å². The van der Waals surface area contributed by atoms with E-state index in [0.29, 0.717) is 12.0 Å². The minimum absolute atomic E-state index is 0.174. The molecule has 2 unspecified atom stereocenters. The monoisotopic (exact) mass is 341 g/mol. The van der Waals surface area contributed by atoms with Crippen molar-refractivity contribution >= 4 is 15.9 Å². The summed E-state index contributed by atoms with van der Waals surface area (Å²) in [6.07, 6.45) is 2.60. The fourth-order valence-electron chi connectivity index (χ4n) is 2.24. The number of halogens is 1. The second kappa shape index (κ2) is 8.68. The molecule has 114 valence electrons. The second-order valence-electron chi connectivity index (χ2n) is 5.86. The quantitative estimate of drug-likeness (QED) is 0.708. The second-order valence-corrected chi connectivity index (χ2v) is 6.78. The molecule has 1 aromatic rings. The van der Waals surface area contributed by atoms with Gasteiger partial charge in [-0.15, -0.1) is 0 Å². The third kappa shape index (κ3) is 5.84. The fourth-order valence-corrected chi connectivity index (χ4v) is 2.62. The average Bonchev–Trinajstić information content (AvgIpc) is 2.38. The molecule has 3 heteroatoms. The van der Waals surface area contributed by atoms with Gasteiger partial charge in [-0.3, -0.25) is 0 Å². The molecule has 0 aliphatic heterocycles. The smallest absolute Gasteiger partial charge is 0.123 e. The molecule has 0 aliphatic carbocycles. The van der Waals surface area contributed by atoms with Crippen LogP contribution in [0.25, 0.3) is 0 Å². The number of rotatable bonds is 8. The Balaban J connectivity index is 2.59. The fraction of sp³-hybridized carbons (Fsp3) is 0.647.